The second kappa shape index (κ2) is 41.2. The number of rotatable bonds is 0. The molecule has 0 heterocycles. The molecule has 0 aliphatic carbocycles. The van der Waals surface area contributed by atoms with Gasteiger partial charge in [0.1, 0.15) is 0 Å². The van der Waals surface area contributed by atoms with Crippen molar-refractivity contribution in [3.05, 3.63) is 0 Å². The van der Waals surface area contributed by atoms with Gasteiger partial charge in [-0.2, -0.15) is 0 Å². The van der Waals surface area contributed by atoms with E-state index in [9.17, 15) is 0 Å². The fourth-order valence-corrected chi connectivity index (χ4v) is 0. The Balaban J connectivity index is 0. The Bertz CT molecular complexity index is 15.5. The van der Waals surface area contributed by atoms with Gasteiger partial charge in [-0.25, -0.2) is 0 Å². The smallest absolute Gasteiger partial charge is 0 e. The standard InChI is InChI=1S/B.Cr.Fe.Mn.Ti.Zr. The molecule has 0 unspecified atom stereocenters. The van der Waals surface area contributed by atoms with Crippen LogP contribution < -0.4 is 0 Å². The van der Waals surface area contributed by atoms with Crippen molar-refractivity contribution in [2.24, 2.45) is 0 Å². The van der Waals surface area contributed by atoms with Gasteiger partial charge >= 0.3 is 0 Å². The molecule has 0 aliphatic rings. The summed E-state index contributed by atoms with van der Waals surface area (Å²) in [5, 5.41) is 0. The van der Waals surface area contributed by atoms with Crippen LogP contribution >= 0.6 is 0 Å². The molecule has 0 saturated heterocycles. The normalized spacial score (nSPS) is 0. The molecule has 0 rings (SSSR count). The minimum atomic E-state index is 0. The zero-order valence-electron chi connectivity index (χ0n) is 2.72. The van der Waals surface area contributed by atoms with E-state index in [2.05, 4.69) is 0 Å². The Kier molecular flexibility index (Phi) is 411. The third-order valence-electron chi connectivity index (χ3n) is 0. The molecule has 32 valence electrons. The summed E-state index contributed by atoms with van der Waals surface area (Å²) >= 11 is 0. The molecule has 0 atom stereocenters. The van der Waals surface area contributed by atoms with Crippen LogP contribution in [0.3, 0.4) is 0 Å². The number of hydrogen-bond donors (Lipinski definition) is 0. The van der Waals surface area contributed by atoms with E-state index in [1.54, 1.807) is 0 Å². The van der Waals surface area contributed by atoms with Crippen molar-refractivity contribution in [2.75, 3.05) is 0 Å². The van der Waals surface area contributed by atoms with Crippen LogP contribution in [0.2, 0.25) is 0 Å². The fraction of sp³-hybridized carbons (Fsp3) is 0. The van der Waals surface area contributed by atoms with Gasteiger partial charge in [-0.15, -0.1) is 0 Å². The molecule has 0 aromatic rings. The molecule has 0 amide bonds. The fourth-order valence-electron chi connectivity index (χ4n) is 0. The van der Waals surface area contributed by atoms with E-state index in [0.717, 1.165) is 0 Å². The Labute approximate surface area is 106 Å². The average Bonchev–Trinajstić information content (AvgIpc) is 0. The Morgan fingerprint density at radius 2 is 1.00 bits per heavy atom. The molecule has 6 heteroatoms. The molecule has 0 spiro atoms. The zero-order chi connectivity index (χ0) is 0. The second-order valence-corrected chi connectivity index (χ2v) is 0. The van der Waals surface area contributed by atoms with Crippen molar-refractivity contribution in [2.45, 2.75) is 0 Å². The molecule has 6 heavy (non-hydrogen) atoms. The van der Waals surface area contributed by atoms with Gasteiger partial charge < -0.3 is 0 Å². The van der Waals surface area contributed by atoms with Gasteiger partial charge in [-0.05, 0) is 0 Å². The first-order chi connectivity index (χ1) is 0. The third-order valence-corrected chi connectivity index (χ3v) is 0. The van der Waals surface area contributed by atoms with Crippen LogP contribution in [0.4, 0.5) is 0 Å². The van der Waals surface area contributed by atoms with Crippen molar-refractivity contribution in [3.8, 4) is 0 Å². The summed E-state index contributed by atoms with van der Waals surface area (Å²) in [4.78, 5) is 0. The predicted octanol–water partition coefficient (Wildman–Crippen LogP) is -0.393. The molecule has 0 nitrogen and oxygen atoms in total. The molecular formula is BCrFeMnTiZr. The average molecular weight is 313 g/mol. The molecule has 0 aromatic carbocycles. The predicted molar refractivity (Wildman–Crippen MR) is 5.75 cm³/mol. The molecular weight excluding hydrogens is 313 g/mol. The minimum absolute atomic E-state index is 0. The molecule has 0 saturated carbocycles. The molecule has 0 aromatic heterocycles. The number of hydrogen-bond acceptors (Lipinski definition) is 0. The van der Waals surface area contributed by atoms with Crippen LogP contribution in [-0.4, -0.2) is 8.41 Å². The Morgan fingerprint density at radius 1 is 1.00 bits per heavy atom. The summed E-state index contributed by atoms with van der Waals surface area (Å²) in [5.41, 5.74) is 0. The first kappa shape index (κ1) is 59.9. The molecule has 0 fully saturated rings. The first-order valence-electron chi connectivity index (χ1n) is 0. The Hall–Kier alpha value is 3.23. The molecule has 0 aliphatic heterocycles. The van der Waals surface area contributed by atoms with Gasteiger partial charge in [0.15, 0.2) is 0 Å². The van der Waals surface area contributed by atoms with Gasteiger partial charge in [0, 0.05) is 108 Å². The van der Waals surface area contributed by atoms with Crippen LogP contribution in [0.15, 0.2) is 0 Å². The molecule has 0 bridgehead atoms. The van der Waals surface area contributed by atoms with Gasteiger partial charge in [-0.1, -0.05) is 0 Å². The van der Waals surface area contributed by atoms with Crippen LogP contribution in [0.25, 0.3) is 0 Å². The van der Waals surface area contributed by atoms with Crippen molar-refractivity contribution < 1.29 is 99.4 Å². The van der Waals surface area contributed by atoms with E-state index in [4.69, 9.17) is 0 Å². The maximum atomic E-state index is 0. The largest absolute Gasteiger partial charge is 0 e. The van der Waals surface area contributed by atoms with E-state index in [1.807, 2.05) is 0 Å². The van der Waals surface area contributed by atoms with Gasteiger partial charge in [0.05, 0.1) is 0 Å². The summed E-state index contributed by atoms with van der Waals surface area (Å²) < 4.78 is 0. The third kappa shape index (κ3) is 26.9. The van der Waals surface area contributed by atoms with Gasteiger partial charge in [0.2, 0.25) is 0 Å². The summed E-state index contributed by atoms with van der Waals surface area (Å²) in [6.07, 6.45) is 0. The summed E-state index contributed by atoms with van der Waals surface area (Å²) in [5.74, 6) is 0. The van der Waals surface area contributed by atoms with E-state index in [1.165, 1.54) is 0 Å². The van der Waals surface area contributed by atoms with Crippen molar-refractivity contribution in [3.63, 3.8) is 0 Å². The second-order valence-electron chi connectivity index (χ2n) is 0. The molecule has 0 N–H and O–H groups in total. The van der Waals surface area contributed by atoms with Crippen LogP contribution in [0.5, 0.6) is 0 Å². The summed E-state index contributed by atoms with van der Waals surface area (Å²) in [6, 6.07) is 0. The maximum absolute atomic E-state index is 0. The maximum Gasteiger partial charge on any atom is 0 e. The van der Waals surface area contributed by atoms with E-state index in [-0.39, 0.29) is 108 Å². The SMILES string of the molecule is [B].[Cr].[Fe].[Mn].[Ti].[Zr]. The minimum Gasteiger partial charge on any atom is 0 e. The monoisotopic (exact) mass is 312 g/mol. The van der Waals surface area contributed by atoms with Gasteiger partial charge in [0.25, 0.3) is 0 Å². The summed E-state index contributed by atoms with van der Waals surface area (Å²) in [7, 11) is 0. The van der Waals surface area contributed by atoms with E-state index < -0.39 is 0 Å². The van der Waals surface area contributed by atoms with E-state index >= 15 is 0 Å². The molecule has 4 radical (unpaired) electrons. The van der Waals surface area contributed by atoms with Crippen LogP contribution in [-0.2, 0) is 99.4 Å². The van der Waals surface area contributed by atoms with Crippen molar-refractivity contribution in [1.82, 2.24) is 0 Å². The Morgan fingerprint density at radius 3 is 1.00 bits per heavy atom. The first-order valence-corrected chi connectivity index (χ1v) is 0. The van der Waals surface area contributed by atoms with Crippen molar-refractivity contribution >= 4 is 8.41 Å². The van der Waals surface area contributed by atoms with Crippen LogP contribution in [0, 0.1) is 0 Å². The quantitative estimate of drug-likeness (QED) is 0.534. The van der Waals surface area contributed by atoms with E-state index in [0.29, 0.717) is 0 Å². The topological polar surface area (TPSA) is 0 Å². The van der Waals surface area contributed by atoms with Crippen LogP contribution in [0.1, 0.15) is 0 Å². The van der Waals surface area contributed by atoms with Crippen molar-refractivity contribution in [1.29, 1.82) is 0 Å². The summed E-state index contributed by atoms with van der Waals surface area (Å²) in [6.45, 7) is 0. The van der Waals surface area contributed by atoms with Gasteiger partial charge in [-0.3, -0.25) is 0 Å². The zero-order valence-corrected chi connectivity index (χ0v) is 10.3.